The van der Waals surface area contributed by atoms with Crippen LogP contribution in [0.2, 0.25) is 0 Å². The van der Waals surface area contributed by atoms with Gasteiger partial charge in [0.05, 0.1) is 0 Å². The van der Waals surface area contributed by atoms with Crippen LogP contribution in [0.3, 0.4) is 0 Å². The van der Waals surface area contributed by atoms with Crippen molar-refractivity contribution in [1.82, 2.24) is 0 Å². The van der Waals surface area contributed by atoms with Crippen LogP contribution in [0.15, 0.2) is 35.3 Å². The summed E-state index contributed by atoms with van der Waals surface area (Å²) in [6.45, 7) is 1.47. The fraction of sp³-hybridized carbons (Fsp3) is 0.111. The maximum absolute atomic E-state index is 10.7. The summed E-state index contributed by atoms with van der Waals surface area (Å²) in [6, 6.07) is 10.1. The van der Waals surface area contributed by atoms with Gasteiger partial charge in [0.1, 0.15) is 0 Å². The van der Waals surface area contributed by atoms with Crippen molar-refractivity contribution in [3.63, 3.8) is 0 Å². The van der Waals surface area contributed by atoms with Crippen molar-refractivity contribution in [2.24, 2.45) is 4.99 Å². The molecule has 13 heavy (non-hydrogen) atoms. The molecule has 0 atom stereocenters. The summed E-state index contributed by atoms with van der Waals surface area (Å²) < 4.78 is 2.15. The molecule has 0 aliphatic rings. The molecule has 1 aromatic carbocycles. The molecular formula is C9H8NOSeTe. The van der Waals surface area contributed by atoms with Crippen molar-refractivity contribution < 1.29 is 4.79 Å². The van der Waals surface area contributed by atoms with Crippen LogP contribution in [0, 0.1) is 0 Å². The molecule has 1 aromatic rings. The molecule has 0 N–H and O–H groups in total. The molecule has 0 aromatic heterocycles. The molecule has 4 heteroatoms. The SMILES string of the molecule is CC(=O)N=C([Se])[Te]c1ccccc1. The van der Waals surface area contributed by atoms with Gasteiger partial charge >= 0.3 is 96.2 Å². The van der Waals surface area contributed by atoms with Crippen LogP contribution >= 0.6 is 0 Å². The van der Waals surface area contributed by atoms with Gasteiger partial charge < -0.3 is 0 Å². The van der Waals surface area contributed by atoms with Gasteiger partial charge in [-0.05, 0) is 0 Å². The summed E-state index contributed by atoms with van der Waals surface area (Å²) in [5, 5.41) is 0. The van der Waals surface area contributed by atoms with E-state index in [4.69, 9.17) is 0 Å². The number of aliphatic imine (C=N–C) groups is 1. The number of nitrogens with zero attached hydrogens (tertiary/aromatic N) is 1. The van der Waals surface area contributed by atoms with Gasteiger partial charge in [0.25, 0.3) is 0 Å². The van der Waals surface area contributed by atoms with E-state index in [9.17, 15) is 4.79 Å². The minimum absolute atomic E-state index is 0.130. The molecule has 0 heterocycles. The molecule has 0 aliphatic heterocycles. The van der Waals surface area contributed by atoms with E-state index in [-0.39, 0.29) is 5.91 Å². The van der Waals surface area contributed by atoms with Gasteiger partial charge in [-0.1, -0.05) is 0 Å². The monoisotopic (exact) mass is 356 g/mol. The third-order valence-corrected chi connectivity index (χ3v) is 4.77. The fourth-order valence-corrected chi connectivity index (χ4v) is 4.27. The van der Waals surface area contributed by atoms with E-state index in [1.54, 1.807) is 0 Å². The first-order chi connectivity index (χ1) is 6.18. The molecule has 0 spiro atoms. The zero-order valence-corrected chi connectivity index (χ0v) is 11.1. The first-order valence-corrected chi connectivity index (χ1v) is 6.86. The zero-order valence-electron chi connectivity index (χ0n) is 7.06. The molecule has 1 rings (SSSR count). The normalized spacial score (nSPS) is 11.3. The van der Waals surface area contributed by atoms with Gasteiger partial charge in [-0.25, -0.2) is 0 Å². The van der Waals surface area contributed by atoms with Crippen molar-refractivity contribution in [3.05, 3.63) is 30.3 Å². The third kappa shape index (κ3) is 4.59. The summed E-state index contributed by atoms with van der Waals surface area (Å²) in [6.07, 6.45) is 0. The molecule has 0 saturated heterocycles. The second-order valence-electron chi connectivity index (χ2n) is 2.31. The molecule has 0 bridgehead atoms. The molecule has 2 nitrogen and oxygen atoms in total. The molecule has 1 amide bonds. The Hall–Kier alpha value is -0.131. The zero-order chi connectivity index (χ0) is 9.68. The summed E-state index contributed by atoms with van der Waals surface area (Å²) in [7, 11) is 0. The molecule has 67 valence electrons. The van der Waals surface area contributed by atoms with Crippen molar-refractivity contribution in [2.45, 2.75) is 6.92 Å². The quantitative estimate of drug-likeness (QED) is 0.548. The Morgan fingerprint density at radius 1 is 1.38 bits per heavy atom. The van der Waals surface area contributed by atoms with Crippen molar-refractivity contribution >= 4 is 49.1 Å². The van der Waals surface area contributed by atoms with Gasteiger partial charge in [-0.3, -0.25) is 0 Å². The third-order valence-electron chi connectivity index (χ3n) is 1.20. The minimum atomic E-state index is -0.476. The Balaban J connectivity index is 2.65. The van der Waals surface area contributed by atoms with Gasteiger partial charge in [0.2, 0.25) is 0 Å². The fourth-order valence-electron chi connectivity index (χ4n) is 0.741. The second kappa shape index (κ2) is 5.57. The van der Waals surface area contributed by atoms with Gasteiger partial charge in [0, 0.05) is 0 Å². The van der Waals surface area contributed by atoms with E-state index in [1.807, 2.05) is 18.2 Å². The Labute approximate surface area is 95.7 Å². The molecule has 0 saturated carbocycles. The number of rotatable bonds is 2. The molecule has 0 fully saturated rings. The van der Waals surface area contributed by atoms with Gasteiger partial charge in [0.15, 0.2) is 0 Å². The van der Waals surface area contributed by atoms with Gasteiger partial charge in [-0.2, -0.15) is 0 Å². The first-order valence-electron chi connectivity index (χ1n) is 3.67. The second-order valence-corrected chi connectivity index (χ2v) is 7.97. The van der Waals surface area contributed by atoms with E-state index in [2.05, 4.69) is 33.1 Å². The summed E-state index contributed by atoms with van der Waals surface area (Å²) in [5.74, 6) is -0.130. The van der Waals surface area contributed by atoms with Crippen LogP contribution in [-0.4, -0.2) is 45.5 Å². The van der Waals surface area contributed by atoms with E-state index >= 15 is 0 Å². The Morgan fingerprint density at radius 3 is 2.54 bits per heavy atom. The van der Waals surface area contributed by atoms with Gasteiger partial charge in [-0.15, -0.1) is 0 Å². The van der Waals surface area contributed by atoms with E-state index < -0.39 is 20.9 Å². The van der Waals surface area contributed by atoms with Crippen LogP contribution in [0.25, 0.3) is 0 Å². The molecule has 0 aliphatic carbocycles. The predicted molar refractivity (Wildman–Crippen MR) is 55.7 cm³/mol. The molecule has 0 unspecified atom stereocenters. The van der Waals surface area contributed by atoms with Crippen LogP contribution in [0.4, 0.5) is 0 Å². The Bertz CT molecular complexity index is 324. The van der Waals surface area contributed by atoms with Crippen LogP contribution in [0.1, 0.15) is 6.92 Å². The summed E-state index contributed by atoms with van der Waals surface area (Å²) >= 11 is 2.37. The van der Waals surface area contributed by atoms with E-state index in [1.165, 1.54) is 10.5 Å². The van der Waals surface area contributed by atoms with Crippen LogP contribution in [0.5, 0.6) is 0 Å². The van der Waals surface area contributed by atoms with E-state index in [0.29, 0.717) is 0 Å². The molecular weight excluding hydrogens is 345 g/mol. The maximum atomic E-state index is 10.7. The van der Waals surface area contributed by atoms with Crippen LogP contribution < -0.4 is 3.61 Å². The number of carbonyl (C=O) groups is 1. The van der Waals surface area contributed by atoms with E-state index in [0.717, 1.165) is 2.66 Å². The average Bonchev–Trinajstić information content (AvgIpc) is 2.04. The van der Waals surface area contributed by atoms with Crippen molar-refractivity contribution in [3.8, 4) is 0 Å². The van der Waals surface area contributed by atoms with Crippen molar-refractivity contribution in [1.29, 1.82) is 0 Å². The summed E-state index contributed by atoms with van der Waals surface area (Å²) in [4.78, 5) is 14.5. The Morgan fingerprint density at radius 2 is 2.00 bits per heavy atom. The predicted octanol–water partition coefficient (Wildman–Crippen LogP) is 0.0871. The Kier molecular flexibility index (Phi) is 4.69. The topological polar surface area (TPSA) is 29.4 Å². The van der Waals surface area contributed by atoms with Crippen molar-refractivity contribution in [2.75, 3.05) is 0 Å². The standard InChI is InChI=1S/C9H8NOSeTe/c1-7(11)10-9(12)13-8-5-3-2-4-6-8/h2-6H,1H3. The van der Waals surface area contributed by atoms with Crippen LogP contribution in [-0.2, 0) is 4.79 Å². The number of hydrogen-bond acceptors (Lipinski definition) is 1. The number of benzene rings is 1. The molecule has 1 radical (unpaired) electrons. The first kappa shape index (κ1) is 10.9. The average molecular weight is 353 g/mol. The number of carbonyl (C=O) groups excluding carboxylic acids is 1. The number of amides is 1. The summed E-state index contributed by atoms with van der Waals surface area (Å²) in [5.41, 5.74) is 0. The number of hydrogen-bond donors (Lipinski definition) is 0.